The van der Waals surface area contributed by atoms with Gasteiger partial charge in [0, 0.05) is 6.20 Å². The average Bonchev–Trinajstić information content (AvgIpc) is 2.52. The van der Waals surface area contributed by atoms with Crippen LogP contribution >= 0.6 is 15.2 Å². The molecule has 1 aromatic heterocycles. The molecule has 1 unspecified atom stereocenters. The minimum Gasteiger partial charge on any atom is -0.808 e. The summed E-state index contributed by atoms with van der Waals surface area (Å²) in [6, 6.07) is 0. The molecule has 12 heteroatoms. The fourth-order valence-electron chi connectivity index (χ4n) is 0.873. The van der Waals surface area contributed by atoms with Crippen LogP contribution in [0, 0.1) is 0 Å². The lowest BCUT2D eigenvalue weighted by Gasteiger charge is -2.44. The first kappa shape index (κ1) is 13.5. The summed E-state index contributed by atoms with van der Waals surface area (Å²) in [4.78, 5) is 38.8. The third kappa shape index (κ3) is 2.38. The second-order valence-corrected chi connectivity index (χ2v) is 6.83. The Labute approximate surface area is 88.9 Å². The first-order chi connectivity index (χ1) is 7.08. The molecule has 0 bridgehead atoms. The van der Waals surface area contributed by atoms with E-state index in [2.05, 4.69) is 10.3 Å². The molecule has 92 valence electrons. The van der Waals surface area contributed by atoms with Crippen molar-refractivity contribution < 1.29 is 33.8 Å². The summed E-state index contributed by atoms with van der Waals surface area (Å²) in [5.74, 6) is 0. The van der Waals surface area contributed by atoms with Crippen molar-refractivity contribution in [2.45, 2.75) is 11.6 Å². The Kier molecular flexibility index (Phi) is 3.37. The van der Waals surface area contributed by atoms with Crippen LogP contribution in [0.2, 0.25) is 0 Å². The van der Waals surface area contributed by atoms with Gasteiger partial charge in [-0.05, 0) is 7.60 Å². The highest BCUT2D eigenvalue weighted by Crippen LogP contribution is 2.64. The third-order valence-corrected chi connectivity index (χ3v) is 5.36. The van der Waals surface area contributed by atoms with Crippen molar-refractivity contribution in [2.75, 3.05) is 0 Å². The first-order valence-electron chi connectivity index (χ1n) is 3.72. The van der Waals surface area contributed by atoms with Crippen molar-refractivity contribution in [3.05, 3.63) is 12.4 Å². The van der Waals surface area contributed by atoms with Gasteiger partial charge >= 0.3 is 7.60 Å². The fraction of sp³-hybridized carbons (Fsp3) is 0.500. The van der Waals surface area contributed by atoms with Crippen LogP contribution in [0.1, 0.15) is 0 Å². The molecule has 0 saturated carbocycles. The standard InChI is InChI=1S/C4H9N3O7P2/c8-4(15(9,10)11,16(12,13)14)3-7-2-1-5-6-7/h1-2,8H,3H2,(H2,9,10,11)(H2,12,13,14)/p-2. The van der Waals surface area contributed by atoms with Gasteiger partial charge in [0.05, 0.1) is 12.7 Å². The van der Waals surface area contributed by atoms with E-state index < -0.39 is 26.8 Å². The maximum atomic E-state index is 10.8. The van der Waals surface area contributed by atoms with Gasteiger partial charge in [0.1, 0.15) is 0 Å². The Morgan fingerprint density at radius 2 is 1.94 bits per heavy atom. The number of rotatable bonds is 4. The van der Waals surface area contributed by atoms with Crippen LogP contribution in [0.5, 0.6) is 0 Å². The Hall–Kier alpha value is -0.600. The predicted octanol–water partition coefficient (Wildman–Crippen LogP) is -2.98. The van der Waals surface area contributed by atoms with E-state index in [1.54, 1.807) is 0 Å². The zero-order chi connectivity index (χ0) is 12.6. The zero-order valence-corrected chi connectivity index (χ0v) is 9.36. The minimum atomic E-state index is -5.95. The molecule has 1 heterocycles. The SMILES string of the molecule is O=P([O-])([O-])C(O)(Cn1ccnn1)P(=O)(O)O. The third-order valence-electron chi connectivity index (χ3n) is 1.75. The average molecular weight is 271 g/mol. The van der Waals surface area contributed by atoms with Crippen LogP contribution in [0.3, 0.4) is 0 Å². The van der Waals surface area contributed by atoms with E-state index >= 15 is 0 Å². The quantitative estimate of drug-likeness (QED) is 0.482. The molecule has 0 aliphatic carbocycles. The van der Waals surface area contributed by atoms with Gasteiger partial charge in [0.2, 0.25) is 5.08 Å². The summed E-state index contributed by atoms with van der Waals surface area (Å²) < 4.78 is 22.2. The molecule has 1 atom stereocenters. The molecule has 1 aromatic rings. The molecule has 0 amide bonds. The highest BCUT2D eigenvalue weighted by Gasteiger charge is 2.49. The van der Waals surface area contributed by atoms with Crippen LogP contribution in [-0.4, -0.2) is 35.0 Å². The van der Waals surface area contributed by atoms with Crippen molar-refractivity contribution >= 4 is 15.2 Å². The monoisotopic (exact) mass is 271 g/mol. The topological polar surface area (TPSA) is 172 Å². The van der Waals surface area contributed by atoms with Crippen LogP contribution < -0.4 is 9.79 Å². The number of nitrogens with zero attached hydrogens (tertiary/aromatic N) is 3. The van der Waals surface area contributed by atoms with E-state index in [4.69, 9.17) is 9.79 Å². The van der Waals surface area contributed by atoms with Gasteiger partial charge < -0.3 is 29.2 Å². The van der Waals surface area contributed by atoms with Crippen molar-refractivity contribution in [3.8, 4) is 0 Å². The Bertz CT molecular complexity index is 424. The summed E-state index contributed by atoms with van der Waals surface area (Å²) >= 11 is 0. The normalized spacial score (nSPS) is 17.1. The Morgan fingerprint density at radius 1 is 1.38 bits per heavy atom. The molecule has 0 aliphatic rings. The molecule has 0 radical (unpaired) electrons. The lowest BCUT2D eigenvalue weighted by Crippen LogP contribution is -2.42. The van der Waals surface area contributed by atoms with Gasteiger partial charge in [-0.15, -0.1) is 5.10 Å². The van der Waals surface area contributed by atoms with Gasteiger partial charge in [-0.1, -0.05) is 5.21 Å². The van der Waals surface area contributed by atoms with Gasteiger partial charge in [-0.2, -0.15) is 0 Å². The van der Waals surface area contributed by atoms with E-state index in [1.807, 2.05) is 0 Å². The Morgan fingerprint density at radius 3 is 2.25 bits per heavy atom. The number of hydrogen-bond acceptors (Lipinski definition) is 7. The minimum absolute atomic E-state index is 0.627. The smallest absolute Gasteiger partial charge is 0.363 e. The van der Waals surface area contributed by atoms with E-state index in [0.717, 1.165) is 12.4 Å². The zero-order valence-electron chi connectivity index (χ0n) is 7.57. The second-order valence-electron chi connectivity index (χ2n) is 2.92. The van der Waals surface area contributed by atoms with E-state index in [9.17, 15) is 24.0 Å². The van der Waals surface area contributed by atoms with Crippen LogP contribution in [-0.2, 0) is 15.7 Å². The van der Waals surface area contributed by atoms with Crippen molar-refractivity contribution in [2.24, 2.45) is 0 Å². The fourth-order valence-corrected chi connectivity index (χ4v) is 2.80. The number of aromatic nitrogens is 3. The molecule has 0 aromatic carbocycles. The van der Waals surface area contributed by atoms with Crippen molar-refractivity contribution in [1.82, 2.24) is 15.0 Å². The van der Waals surface area contributed by atoms with Gasteiger partial charge in [0.15, 0.2) is 0 Å². The van der Waals surface area contributed by atoms with E-state index in [0.29, 0.717) is 4.68 Å². The van der Waals surface area contributed by atoms with Crippen molar-refractivity contribution in [3.63, 3.8) is 0 Å². The maximum absolute atomic E-state index is 10.8. The molecule has 0 spiro atoms. The molecule has 3 N–H and O–H groups in total. The predicted molar refractivity (Wildman–Crippen MR) is 44.6 cm³/mol. The summed E-state index contributed by atoms with van der Waals surface area (Å²) in [6.07, 6.45) is 2.12. The molecule has 16 heavy (non-hydrogen) atoms. The summed E-state index contributed by atoms with van der Waals surface area (Å²) in [5, 5.41) is 12.0. The largest absolute Gasteiger partial charge is 0.808 e. The Balaban J connectivity index is 3.18. The molecular formula is C4H7N3O7P2-2. The van der Waals surface area contributed by atoms with Crippen LogP contribution in [0.15, 0.2) is 12.4 Å². The van der Waals surface area contributed by atoms with Crippen LogP contribution in [0.4, 0.5) is 0 Å². The second kappa shape index (κ2) is 4.01. The molecule has 0 fully saturated rings. The lowest BCUT2D eigenvalue weighted by atomic mass is 10.7. The molecule has 0 aliphatic heterocycles. The summed E-state index contributed by atoms with van der Waals surface area (Å²) in [6.45, 7) is -1.19. The molecule has 1 rings (SSSR count). The molecular weight excluding hydrogens is 264 g/mol. The van der Waals surface area contributed by atoms with E-state index in [1.165, 1.54) is 0 Å². The highest BCUT2D eigenvalue weighted by atomic mass is 31.2. The van der Waals surface area contributed by atoms with Gasteiger partial charge in [-0.3, -0.25) is 4.57 Å². The van der Waals surface area contributed by atoms with Gasteiger partial charge in [-0.25, -0.2) is 4.68 Å². The molecule has 0 saturated heterocycles. The lowest BCUT2D eigenvalue weighted by molar-refractivity contribution is -0.326. The van der Waals surface area contributed by atoms with Gasteiger partial charge in [0.25, 0.3) is 0 Å². The summed E-state index contributed by atoms with van der Waals surface area (Å²) in [7, 11) is -11.5. The van der Waals surface area contributed by atoms with E-state index in [-0.39, 0.29) is 0 Å². The highest BCUT2D eigenvalue weighted by molar-refractivity contribution is 7.70. The van der Waals surface area contributed by atoms with Crippen LogP contribution in [0.25, 0.3) is 0 Å². The van der Waals surface area contributed by atoms with Crippen molar-refractivity contribution in [1.29, 1.82) is 0 Å². The number of aliphatic hydroxyl groups is 1. The number of hydrogen-bond donors (Lipinski definition) is 3. The molecule has 10 nitrogen and oxygen atoms in total. The first-order valence-corrected chi connectivity index (χ1v) is 6.88. The summed E-state index contributed by atoms with van der Waals surface area (Å²) in [5.41, 5.74) is 0. The maximum Gasteiger partial charge on any atom is 0.363 e.